The molecule has 6 nitrogen and oxygen atoms in total. The third kappa shape index (κ3) is 3.54. The van der Waals surface area contributed by atoms with Gasteiger partial charge in [-0.25, -0.2) is 0 Å². The van der Waals surface area contributed by atoms with E-state index in [0.29, 0.717) is 12.5 Å². The van der Waals surface area contributed by atoms with Gasteiger partial charge in [0.15, 0.2) is 0 Å². The molecule has 1 aromatic rings. The minimum Gasteiger partial charge on any atom is -0.330 e. The first-order valence-electron chi connectivity index (χ1n) is 6.84. The number of amides is 1. The second-order valence-electron chi connectivity index (χ2n) is 5.31. The van der Waals surface area contributed by atoms with E-state index in [9.17, 15) is 4.79 Å². The normalized spacial score (nSPS) is 17.6. The molecule has 0 unspecified atom stereocenters. The molecule has 0 aliphatic carbocycles. The zero-order valence-electron chi connectivity index (χ0n) is 11.7. The van der Waals surface area contributed by atoms with Crippen LogP contribution in [0.15, 0.2) is 0 Å². The van der Waals surface area contributed by atoms with Crippen LogP contribution in [0.1, 0.15) is 24.2 Å². The number of piperidine rings is 1. The fraction of sp³-hybridized carbons (Fsp3) is 0.692. The maximum absolute atomic E-state index is 12.0. The predicted molar refractivity (Wildman–Crippen MR) is 74.9 cm³/mol. The van der Waals surface area contributed by atoms with Gasteiger partial charge in [0.05, 0.1) is 23.6 Å². The highest BCUT2D eigenvalue weighted by atomic mass is 16.2. The number of anilines is 1. The fourth-order valence-electron chi connectivity index (χ4n) is 2.50. The van der Waals surface area contributed by atoms with Crippen LogP contribution < -0.4 is 11.1 Å². The van der Waals surface area contributed by atoms with E-state index in [2.05, 4.69) is 20.4 Å². The molecule has 1 amide bonds. The van der Waals surface area contributed by atoms with E-state index >= 15 is 0 Å². The molecule has 4 N–H and O–H groups in total. The number of likely N-dealkylation sites (tertiary alicyclic amines) is 1. The van der Waals surface area contributed by atoms with E-state index in [4.69, 9.17) is 5.73 Å². The molecule has 1 fully saturated rings. The molecule has 2 rings (SSSR count). The van der Waals surface area contributed by atoms with Crippen LogP contribution in [-0.4, -0.2) is 47.2 Å². The molecular formula is C13H23N5O. The Hall–Kier alpha value is -1.40. The number of nitrogens with two attached hydrogens (primary N) is 1. The highest BCUT2D eigenvalue weighted by Gasteiger charge is 2.20. The minimum absolute atomic E-state index is 0.0267. The van der Waals surface area contributed by atoms with Crippen LogP contribution in [0.4, 0.5) is 5.69 Å². The van der Waals surface area contributed by atoms with E-state index < -0.39 is 0 Å². The van der Waals surface area contributed by atoms with Crippen molar-refractivity contribution >= 4 is 11.6 Å². The number of nitrogens with zero attached hydrogens (tertiary/aromatic N) is 2. The number of hydrogen-bond donors (Lipinski definition) is 3. The van der Waals surface area contributed by atoms with Crippen LogP contribution in [0.2, 0.25) is 0 Å². The summed E-state index contributed by atoms with van der Waals surface area (Å²) in [6, 6.07) is 0. The number of hydrogen-bond acceptors (Lipinski definition) is 4. The molecule has 0 atom stereocenters. The van der Waals surface area contributed by atoms with Crippen molar-refractivity contribution in [3.05, 3.63) is 11.4 Å². The topological polar surface area (TPSA) is 87.0 Å². The van der Waals surface area contributed by atoms with Gasteiger partial charge >= 0.3 is 0 Å². The van der Waals surface area contributed by atoms with Crippen molar-refractivity contribution in [2.75, 3.05) is 31.5 Å². The fourth-order valence-corrected chi connectivity index (χ4v) is 2.50. The van der Waals surface area contributed by atoms with Crippen molar-refractivity contribution in [3.63, 3.8) is 0 Å². The van der Waals surface area contributed by atoms with Gasteiger partial charge in [-0.05, 0) is 52.2 Å². The van der Waals surface area contributed by atoms with Crippen LogP contribution in [-0.2, 0) is 4.79 Å². The Morgan fingerprint density at radius 1 is 1.47 bits per heavy atom. The van der Waals surface area contributed by atoms with Gasteiger partial charge in [-0.1, -0.05) is 0 Å². The zero-order chi connectivity index (χ0) is 13.8. The molecule has 1 aliphatic heterocycles. The van der Waals surface area contributed by atoms with E-state index in [1.807, 2.05) is 13.8 Å². The van der Waals surface area contributed by atoms with Crippen molar-refractivity contribution in [2.45, 2.75) is 26.7 Å². The second-order valence-corrected chi connectivity index (χ2v) is 5.31. The first-order valence-corrected chi connectivity index (χ1v) is 6.84. The van der Waals surface area contributed by atoms with E-state index in [0.717, 1.165) is 49.6 Å². The summed E-state index contributed by atoms with van der Waals surface area (Å²) >= 11 is 0. The molecule has 1 aromatic heterocycles. The Morgan fingerprint density at radius 2 is 2.16 bits per heavy atom. The minimum atomic E-state index is 0.0267. The summed E-state index contributed by atoms with van der Waals surface area (Å²) in [5.74, 6) is 0.650. The Bertz CT molecular complexity index is 415. The average molecular weight is 265 g/mol. The van der Waals surface area contributed by atoms with Crippen LogP contribution in [0.5, 0.6) is 0 Å². The van der Waals surface area contributed by atoms with Crippen molar-refractivity contribution < 1.29 is 4.79 Å². The highest BCUT2D eigenvalue weighted by molar-refractivity contribution is 5.93. The van der Waals surface area contributed by atoms with Gasteiger partial charge in [-0.15, -0.1) is 0 Å². The van der Waals surface area contributed by atoms with E-state index in [1.165, 1.54) is 0 Å². The van der Waals surface area contributed by atoms with Crippen LogP contribution in [0.25, 0.3) is 0 Å². The monoisotopic (exact) mass is 265 g/mol. The number of H-pyrrole nitrogens is 1. The maximum atomic E-state index is 12.0. The number of rotatable bonds is 4. The molecule has 0 aromatic carbocycles. The van der Waals surface area contributed by atoms with E-state index in [-0.39, 0.29) is 5.91 Å². The van der Waals surface area contributed by atoms with Gasteiger partial charge in [0, 0.05) is 0 Å². The van der Waals surface area contributed by atoms with Gasteiger partial charge in [0.1, 0.15) is 0 Å². The molecule has 106 valence electrons. The summed E-state index contributed by atoms with van der Waals surface area (Å²) < 4.78 is 0. The number of aromatic amines is 1. The summed E-state index contributed by atoms with van der Waals surface area (Å²) in [5.41, 5.74) is 8.20. The first kappa shape index (κ1) is 14.0. The smallest absolute Gasteiger partial charge is 0.238 e. The summed E-state index contributed by atoms with van der Waals surface area (Å²) in [7, 11) is 0. The molecular weight excluding hydrogens is 242 g/mol. The van der Waals surface area contributed by atoms with Gasteiger partial charge < -0.3 is 11.1 Å². The van der Waals surface area contributed by atoms with Crippen molar-refractivity contribution in [3.8, 4) is 0 Å². The lowest BCUT2D eigenvalue weighted by atomic mass is 9.97. The number of carbonyl (C=O) groups excluding carboxylic acids is 1. The third-order valence-corrected chi connectivity index (χ3v) is 3.80. The van der Waals surface area contributed by atoms with Gasteiger partial charge in [0.2, 0.25) is 5.91 Å². The molecule has 1 saturated heterocycles. The Kier molecular flexibility index (Phi) is 4.55. The summed E-state index contributed by atoms with van der Waals surface area (Å²) in [5, 5.41) is 9.87. The van der Waals surface area contributed by atoms with Crippen molar-refractivity contribution in [1.82, 2.24) is 15.1 Å². The largest absolute Gasteiger partial charge is 0.330 e. The summed E-state index contributed by atoms with van der Waals surface area (Å²) in [6.45, 7) is 6.90. The molecule has 0 saturated carbocycles. The molecule has 0 spiro atoms. The van der Waals surface area contributed by atoms with E-state index in [1.54, 1.807) is 0 Å². The number of nitrogens with one attached hydrogen (secondary N) is 2. The Balaban J connectivity index is 1.82. The third-order valence-electron chi connectivity index (χ3n) is 3.80. The SMILES string of the molecule is Cc1n[nH]c(C)c1NC(=O)CN1CCC(CN)CC1. The Morgan fingerprint density at radius 3 is 2.68 bits per heavy atom. The number of aryl methyl sites for hydroxylation is 2. The highest BCUT2D eigenvalue weighted by Crippen LogP contribution is 2.17. The molecule has 6 heteroatoms. The van der Waals surface area contributed by atoms with Crippen molar-refractivity contribution in [1.29, 1.82) is 0 Å². The summed E-state index contributed by atoms with van der Waals surface area (Å²) in [6.07, 6.45) is 2.18. The van der Waals surface area contributed by atoms with Crippen LogP contribution in [0.3, 0.4) is 0 Å². The zero-order valence-corrected chi connectivity index (χ0v) is 11.7. The van der Waals surface area contributed by atoms with Crippen LogP contribution >= 0.6 is 0 Å². The molecule has 2 heterocycles. The maximum Gasteiger partial charge on any atom is 0.238 e. The first-order chi connectivity index (χ1) is 9.10. The average Bonchev–Trinajstić information content (AvgIpc) is 2.71. The molecule has 1 aliphatic rings. The lowest BCUT2D eigenvalue weighted by Gasteiger charge is -2.30. The lowest BCUT2D eigenvalue weighted by Crippen LogP contribution is -2.40. The standard InChI is InChI=1S/C13H23N5O/c1-9-13(10(2)17-16-9)15-12(19)8-18-5-3-11(7-14)4-6-18/h11H,3-8,14H2,1-2H3,(H,15,19)(H,16,17). The molecule has 0 radical (unpaired) electrons. The van der Waals surface area contributed by atoms with Gasteiger partial charge in [-0.3, -0.25) is 14.8 Å². The van der Waals surface area contributed by atoms with Crippen molar-refractivity contribution in [2.24, 2.45) is 11.7 Å². The van der Waals surface area contributed by atoms with Crippen LogP contribution in [0, 0.1) is 19.8 Å². The molecule has 0 bridgehead atoms. The lowest BCUT2D eigenvalue weighted by molar-refractivity contribution is -0.117. The quantitative estimate of drug-likeness (QED) is 0.745. The second kappa shape index (κ2) is 6.16. The van der Waals surface area contributed by atoms with Gasteiger partial charge in [0.25, 0.3) is 0 Å². The number of aromatic nitrogens is 2. The molecule has 19 heavy (non-hydrogen) atoms. The predicted octanol–water partition coefficient (Wildman–Crippen LogP) is 0.636. The Labute approximate surface area is 113 Å². The number of carbonyl (C=O) groups is 1. The summed E-state index contributed by atoms with van der Waals surface area (Å²) in [4.78, 5) is 14.2. The van der Waals surface area contributed by atoms with Gasteiger partial charge in [-0.2, -0.15) is 5.10 Å².